The quantitative estimate of drug-likeness (QED) is 0.370. The zero-order chi connectivity index (χ0) is 17.6. The summed E-state index contributed by atoms with van der Waals surface area (Å²) >= 11 is 0. The lowest BCUT2D eigenvalue weighted by Crippen LogP contribution is -2.38. The number of hydrogen-bond acceptors (Lipinski definition) is 3. The highest BCUT2D eigenvalue weighted by Crippen LogP contribution is 2.08. The van der Waals surface area contributed by atoms with E-state index in [0.717, 1.165) is 45.0 Å². The van der Waals surface area contributed by atoms with Crippen molar-refractivity contribution in [3.8, 4) is 0 Å². The second kappa shape index (κ2) is 12.8. The minimum atomic E-state index is 0.645. The third-order valence-corrected chi connectivity index (χ3v) is 3.48. The van der Waals surface area contributed by atoms with Gasteiger partial charge < -0.3 is 20.1 Å². The summed E-state index contributed by atoms with van der Waals surface area (Å²) in [7, 11) is 1.68. The van der Waals surface area contributed by atoms with Crippen LogP contribution in [0.2, 0.25) is 0 Å². The smallest absolute Gasteiger partial charge is 0.191 e. The second-order valence-corrected chi connectivity index (χ2v) is 5.89. The topological polar surface area (TPSA) is 54.9 Å². The predicted molar refractivity (Wildman–Crippen MR) is 101 cm³/mol. The second-order valence-electron chi connectivity index (χ2n) is 5.89. The maximum Gasteiger partial charge on any atom is 0.191 e. The molecule has 24 heavy (non-hydrogen) atoms. The molecule has 136 valence electrons. The van der Waals surface area contributed by atoms with E-state index in [1.807, 2.05) is 0 Å². The van der Waals surface area contributed by atoms with Crippen molar-refractivity contribution in [1.82, 2.24) is 10.6 Å². The number of ether oxygens (including phenoxy) is 2. The van der Waals surface area contributed by atoms with Crippen molar-refractivity contribution < 1.29 is 9.47 Å². The van der Waals surface area contributed by atoms with E-state index >= 15 is 0 Å². The van der Waals surface area contributed by atoms with Gasteiger partial charge in [-0.3, -0.25) is 4.99 Å². The van der Waals surface area contributed by atoms with Crippen molar-refractivity contribution in [2.24, 2.45) is 4.99 Å². The highest BCUT2D eigenvalue weighted by atomic mass is 16.5. The first-order chi connectivity index (χ1) is 11.7. The molecule has 0 aliphatic carbocycles. The molecule has 0 heterocycles. The molecule has 5 nitrogen and oxygen atoms in total. The third kappa shape index (κ3) is 9.53. The fourth-order valence-corrected chi connectivity index (χ4v) is 2.48. The molecular formula is C19H33N3O2. The number of rotatable bonds is 11. The lowest BCUT2D eigenvalue weighted by atomic mass is 10.1. The highest BCUT2D eigenvalue weighted by molar-refractivity contribution is 5.79. The summed E-state index contributed by atoms with van der Waals surface area (Å²) in [6, 6.07) is 6.70. The van der Waals surface area contributed by atoms with Gasteiger partial charge in [-0.1, -0.05) is 29.3 Å². The summed E-state index contributed by atoms with van der Waals surface area (Å²) in [5, 5.41) is 6.68. The summed E-state index contributed by atoms with van der Waals surface area (Å²) < 4.78 is 10.4. The SMILES string of the molecule is CCNC(=NCCCOCCOC)NCCc1cc(C)cc(C)c1. The van der Waals surface area contributed by atoms with E-state index in [-0.39, 0.29) is 0 Å². The van der Waals surface area contributed by atoms with Crippen LogP contribution in [0, 0.1) is 13.8 Å². The van der Waals surface area contributed by atoms with Crippen LogP contribution < -0.4 is 10.6 Å². The van der Waals surface area contributed by atoms with E-state index in [1.54, 1.807) is 7.11 Å². The molecule has 5 heteroatoms. The molecule has 0 spiro atoms. The van der Waals surface area contributed by atoms with Gasteiger partial charge in [-0.2, -0.15) is 0 Å². The van der Waals surface area contributed by atoms with Gasteiger partial charge in [-0.25, -0.2) is 0 Å². The summed E-state index contributed by atoms with van der Waals surface area (Å²) in [5.74, 6) is 0.874. The van der Waals surface area contributed by atoms with Crippen molar-refractivity contribution in [1.29, 1.82) is 0 Å². The van der Waals surface area contributed by atoms with Gasteiger partial charge in [-0.15, -0.1) is 0 Å². The van der Waals surface area contributed by atoms with Crippen molar-refractivity contribution in [3.05, 3.63) is 34.9 Å². The van der Waals surface area contributed by atoms with Crippen LogP contribution in [0.5, 0.6) is 0 Å². The fourth-order valence-electron chi connectivity index (χ4n) is 2.48. The summed E-state index contributed by atoms with van der Waals surface area (Å²) in [5.41, 5.74) is 4.00. The van der Waals surface area contributed by atoms with Gasteiger partial charge in [0.05, 0.1) is 13.2 Å². The molecular weight excluding hydrogens is 302 g/mol. The Labute approximate surface area is 146 Å². The van der Waals surface area contributed by atoms with Gasteiger partial charge in [0.15, 0.2) is 5.96 Å². The van der Waals surface area contributed by atoms with E-state index in [9.17, 15) is 0 Å². The Balaban J connectivity index is 2.30. The first-order valence-electron chi connectivity index (χ1n) is 8.81. The molecule has 0 fully saturated rings. The molecule has 0 unspecified atom stereocenters. The molecule has 2 N–H and O–H groups in total. The van der Waals surface area contributed by atoms with Crippen LogP contribution in [0.3, 0.4) is 0 Å². The maximum absolute atomic E-state index is 5.44. The number of nitrogens with one attached hydrogen (secondary N) is 2. The number of hydrogen-bond donors (Lipinski definition) is 2. The molecule has 1 aromatic rings. The molecule has 0 aromatic heterocycles. The summed E-state index contributed by atoms with van der Waals surface area (Å²) in [4.78, 5) is 4.58. The van der Waals surface area contributed by atoms with E-state index < -0.39 is 0 Å². The number of aryl methyl sites for hydroxylation is 2. The van der Waals surface area contributed by atoms with Gasteiger partial charge in [-0.05, 0) is 39.2 Å². The van der Waals surface area contributed by atoms with Crippen LogP contribution in [0.15, 0.2) is 23.2 Å². The van der Waals surface area contributed by atoms with E-state index in [4.69, 9.17) is 9.47 Å². The van der Waals surface area contributed by atoms with E-state index in [2.05, 4.69) is 54.6 Å². The van der Waals surface area contributed by atoms with Crippen LogP contribution in [0.25, 0.3) is 0 Å². The molecule has 0 saturated carbocycles. The molecule has 0 saturated heterocycles. The number of methoxy groups -OCH3 is 1. The van der Waals surface area contributed by atoms with Gasteiger partial charge in [0.1, 0.15) is 0 Å². The van der Waals surface area contributed by atoms with Gasteiger partial charge in [0.25, 0.3) is 0 Å². The largest absolute Gasteiger partial charge is 0.382 e. The highest BCUT2D eigenvalue weighted by Gasteiger charge is 1.99. The summed E-state index contributed by atoms with van der Waals surface area (Å²) in [6.07, 6.45) is 1.91. The van der Waals surface area contributed by atoms with Crippen LogP contribution in [0.1, 0.15) is 30.0 Å². The minimum Gasteiger partial charge on any atom is -0.382 e. The molecule has 0 aliphatic heterocycles. The number of guanidine groups is 1. The molecule has 1 rings (SSSR count). The molecule has 0 amide bonds. The standard InChI is InChI=1S/C19H33N3O2/c1-5-20-19(21-8-6-10-24-12-11-23-4)22-9-7-18-14-16(2)13-17(3)15-18/h13-15H,5-12H2,1-4H3,(H2,20,21,22). The van der Waals surface area contributed by atoms with Gasteiger partial charge >= 0.3 is 0 Å². The van der Waals surface area contributed by atoms with E-state index in [0.29, 0.717) is 13.2 Å². The molecule has 0 radical (unpaired) electrons. The lowest BCUT2D eigenvalue weighted by Gasteiger charge is -2.12. The van der Waals surface area contributed by atoms with Crippen molar-refractivity contribution in [3.63, 3.8) is 0 Å². The Hall–Kier alpha value is -1.59. The average Bonchev–Trinajstić information content (AvgIpc) is 2.53. The van der Waals surface area contributed by atoms with E-state index in [1.165, 1.54) is 16.7 Å². The first-order valence-corrected chi connectivity index (χ1v) is 8.81. The predicted octanol–water partition coefficient (Wildman–Crippen LogP) is 2.45. The van der Waals surface area contributed by atoms with Crippen LogP contribution in [-0.4, -0.2) is 52.5 Å². The minimum absolute atomic E-state index is 0.645. The normalized spacial score (nSPS) is 11.6. The average molecular weight is 335 g/mol. The first kappa shape index (κ1) is 20.5. The Bertz CT molecular complexity index is 469. The molecule has 1 aromatic carbocycles. The Morgan fingerprint density at radius 3 is 2.46 bits per heavy atom. The van der Waals surface area contributed by atoms with Crippen LogP contribution >= 0.6 is 0 Å². The maximum atomic E-state index is 5.44. The number of nitrogens with zero attached hydrogens (tertiary/aromatic N) is 1. The molecule has 0 atom stereocenters. The van der Waals surface area contributed by atoms with Crippen LogP contribution in [0.4, 0.5) is 0 Å². The third-order valence-electron chi connectivity index (χ3n) is 3.48. The zero-order valence-electron chi connectivity index (χ0n) is 15.7. The zero-order valence-corrected chi connectivity index (χ0v) is 15.7. The molecule has 0 aliphatic rings. The Morgan fingerprint density at radius 2 is 1.79 bits per heavy atom. The molecule has 0 bridgehead atoms. The number of aliphatic imine (C=N–C) groups is 1. The number of benzene rings is 1. The fraction of sp³-hybridized carbons (Fsp3) is 0.632. The monoisotopic (exact) mass is 335 g/mol. The lowest BCUT2D eigenvalue weighted by molar-refractivity contribution is 0.0702. The Morgan fingerprint density at radius 1 is 1.04 bits per heavy atom. The van der Waals surface area contributed by atoms with Gasteiger partial charge in [0.2, 0.25) is 0 Å². The van der Waals surface area contributed by atoms with Crippen LogP contribution in [-0.2, 0) is 15.9 Å². The summed E-state index contributed by atoms with van der Waals surface area (Å²) in [6.45, 7) is 10.9. The van der Waals surface area contributed by atoms with Crippen molar-refractivity contribution in [2.75, 3.05) is 46.6 Å². The van der Waals surface area contributed by atoms with Crippen molar-refractivity contribution >= 4 is 5.96 Å². The van der Waals surface area contributed by atoms with Crippen molar-refractivity contribution in [2.45, 2.75) is 33.6 Å². The Kier molecular flexibility index (Phi) is 10.9. The van der Waals surface area contributed by atoms with Gasteiger partial charge in [0, 0.05) is 33.4 Å².